The molecule has 1 aliphatic rings. The van der Waals surface area contributed by atoms with Gasteiger partial charge in [0.05, 0.1) is 10.6 Å². The van der Waals surface area contributed by atoms with Gasteiger partial charge in [-0.15, -0.1) is 10.2 Å². The largest absolute Gasteiger partial charge is 0.490 e. The van der Waals surface area contributed by atoms with E-state index in [2.05, 4.69) is 32.2 Å². The van der Waals surface area contributed by atoms with Crippen molar-refractivity contribution < 1.29 is 17.9 Å². The van der Waals surface area contributed by atoms with Crippen molar-refractivity contribution in [2.45, 2.75) is 23.3 Å². The first-order valence-corrected chi connectivity index (χ1v) is 12.9. The van der Waals surface area contributed by atoms with E-state index in [1.807, 2.05) is 0 Å². The first-order chi connectivity index (χ1) is 15.8. The van der Waals surface area contributed by atoms with Crippen LogP contribution in [-0.2, 0) is 10.0 Å². The number of likely N-dealkylation sites (tertiary alicyclic amines) is 1. The van der Waals surface area contributed by atoms with Gasteiger partial charge < -0.3 is 9.64 Å². The molecule has 0 radical (unpaired) electrons. The van der Waals surface area contributed by atoms with Gasteiger partial charge in [0.25, 0.3) is 20.3 Å². The Hall–Kier alpha value is -2.73. The number of carbonyl (C=O) groups excluding carboxylic acids is 1. The molecule has 0 saturated carbocycles. The van der Waals surface area contributed by atoms with Crippen LogP contribution in [0.4, 0.5) is 10.8 Å². The Morgan fingerprint density at radius 3 is 2.52 bits per heavy atom. The molecule has 174 valence electrons. The van der Waals surface area contributed by atoms with Gasteiger partial charge in [-0.3, -0.25) is 14.8 Å². The molecule has 0 aliphatic carbocycles. The zero-order valence-corrected chi connectivity index (χ0v) is 20.1. The predicted molar refractivity (Wildman–Crippen MR) is 128 cm³/mol. The third-order valence-corrected chi connectivity index (χ3v) is 7.97. The maximum absolute atomic E-state index is 12.7. The zero-order chi connectivity index (χ0) is 23.4. The fraction of sp³-hybridized carbons (Fsp3) is 0.286. The molecule has 2 heterocycles. The van der Waals surface area contributed by atoms with E-state index in [-0.39, 0.29) is 26.2 Å². The Kier molecular flexibility index (Phi) is 7.13. The summed E-state index contributed by atoms with van der Waals surface area (Å²) in [6.45, 7) is 1.98. The second-order valence-electron chi connectivity index (χ2n) is 7.56. The number of anilines is 2. The number of halogens is 1. The van der Waals surface area contributed by atoms with E-state index in [0.717, 1.165) is 37.3 Å². The lowest BCUT2D eigenvalue weighted by Gasteiger charge is -2.29. The van der Waals surface area contributed by atoms with E-state index < -0.39 is 15.9 Å². The molecule has 2 aromatic carbocycles. The van der Waals surface area contributed by atoms with Crippen LogP contribution in [0.25, 0.3) is 0 Å². The van der Waals surface area contributed by atoms with Crippen molar-refractivity contribution in [1.82, 2.24) is 15.1 Å². The second-order valence-corrected chi connectivity index (χ2v) is 10.8. The van der Waals surface area contributed by atoms with Gasteiger partial charge in [0.2, 0.25) is 5.13 Å². The normalized spacial score (nSPS) is 15.2. The summed E-state index contributed by atoms with van der Waals surface area (Å²) >= 11 is 6.75. The molecule has 33 heavy (non-hydrogen) atoms. The predicted octanol–water partition coefficient (Wildman–Crippen LogP) is 3.72. The Morgan fingerprint density at radius 2 is 1.82 bits per heavy atom. The topological polar surface area (TPSA) is 114 Å². The summed E-state index contributed by atoms with van der Waals surface area (Å²) in [4.78, 5) is 14.6. The van der Waals surface area contributed by atoms with E-state index in [1.165, 1.54) is 0 Å². The second kappa shape index (κ2) is 10.0. The molecule has 9 nitrogen and oxygen atoms in total. The molecule has 0 atom stereocenters. The van der Waals surface area contributed by atoms with Gasteiger partial charge >= 0.3 is 0 Å². The quantitative estimate of drug-likeness (QED) is 0.468. The molecule has 3 aromatic rings. The molecule has 12 heteroatoms. The van der Waals surface area contributed by atoms with E-state index in [4.69, 9.17) is 16.3 Å². The number of hydrogen-bond acceptors (Lipinski definition) is 8. The number of ether oxygens (including phenoxy) is 1. The summed E-state index contributed by atoms with van der Waals surface area (Å²) in [7, 11) is -1.89. The molecule has 2 N–H and O–H groups in total. The summed E-state index contributed by atoms with van der Waals surface area (Å²) in [5, 5.41) is 10.3. The number of aromatic nitrogens is 2. The first kappa shape index (κ1) is 23.4. The van der Waals surface area contributed by atoms with Gasteiger partial charge in [0.1, 0.15) is 11.9 Å². The first-order valence-electron chi connectivity index (χ1n) is 10.2. The molecule has 0 bridgehead atoms. The van der Waals surface area contributed by atoms with Gasteiger partial charge in [-0.25, -0.2) is 0 Å². The molecule has 1 fully saturated rings. The summed E-state index contributed by atoms with van der Waals surface area (Å²) in [5.41, 5.74) is 0.613. The molecule has 1 aromatic heterocycles. The molecule has 0 spiro atoms. The Morgan fingerprint density at radius 1 is 1.12 bits per heavy atom. The van der Waals surface area contributed by atoms with Gasteiger partial charge in [-0.05, 0) is 56.3 Å². The van der Waals surface area contributed by atoms with Crippen molar-refractivity contribution in [3.63, 3.8) is 0 Å². The average molecular weight is 508 g/mol. The SMILES string of the molecule is CN1CCC(Oc2ccc(NS(=O)(=O)c3nnc(NC(=O)c4ccccc4Cl)s3)cc2)CC1. The Labute approximate surface area is 200 Å². The van der Waals surface area contributed by atoms with Crippen LogP contribution >= 0.6 is 22.9 Å². The van der Waals surface area contributed by atoms with Crippen molar-refractivity contribution >= 4 is 49.7 Å². The number of carbonyl (C=O) groups is 1. The van der Waals surface area contributed by atoms with E-state index >= 15 is 0 Å². The number of benzene rings is 2. The maximum atomic E-state index is 12.7. The number of hydrogen-bond donors (Lipinski definition) is 2. The molecule has 1 saturated heterocycles. The van der Waals surface area contributed by atoms with Gasteiger partial charge in [0, 0.05) is 18.8 Å². The highest BCUT2D eigenvalue weighted by atomic mass is 35.5. The van der Waals surface area contributed by atoms with Crippen LogP contribution in [0, 0.1) is 0 Å². The van der Waals surface area contributed by atoms with Crippen molar-refractivity contribution in [2.75, 3.05) is 30.2 Å². The number of nitrogens with one attached hydrogen (secondary N) is 2. The van der Waals surface area contributed by atoms with Crippen molar-refractivity contribution in [2.24, 2.45) is 0 Å². The highest BCUT2D eigenvalue weighted by molar-refractivity contribution is 7.94. The fourth-order valence-corrected chi connectivity index (χ4v) is 5.45. The molecule has 1 amide bonds. The van der Waals surface area contributed by atoms with Crippen LogP contribution in [0.3, 0.4) is 0 Å². The highest BCUT2D eigenvalue weighted by Crippen LogP contribution is 2.26. The summed E-state index contributed by atoms with van der Waals surface area (Å²) in [6.07, 6.45) is 2.07. The minimum Gasteiger partial charge on any atom is -0.490 e. The van der Waals surface area contributed by atoms with Crippen molar-refractivity contribution in [3.8, 4) is 5.75 Å². The van der Waals surface area contributed by atoms with Crippen LogP contribution < -0.4 is 14.8 Å². The van der Waals surface area contributed by atoms with Crippen molar-refractivity contribution in [1.29, 1.82) is 0 Å². The smallest absolute Gasteiger partial charge is 0.291 e. The van der Waals surface area contributed by atoms with Crippen LogP contribution in [0.15, 0.2) is 52.9 Å². The molecule has 0 unspecified atom stereocenters. The fourth-order valence-electron chi connectivity index (χ4n) is 3.27. The molecular formula is C21H22ClN5O4S2. The minimum atomic E-state index is -3.98. The van der Waals surface area contributed by atoms with Crippen LogP contribution in [0.1, 0.15) is 23.2 Å². The number of nitrogens with zero attached hydrogens (tertiary/aromatic N) is 3. The number of amides is 1. The lowest BCUT2D eigenvalue weighted by atomic mass is 10.1. The van der Waals surface area contributed by atoms with Crippen LogP contribution in [0.2, 0.25) is 5.02 Å². The van der Waals surface area contributed by atoms with Crippen molar-refractivity contribution in [3.05, 3.63) is 59.1 Å². The lowest BCUT2D eigenvalue weighted by Crippen LogP contribution is -2.35. The summed E-state index contributed by atoms with van der Waals surface area (Å²) < 4.78 is 33.5. The van der Waals surface area contributed by atoms with Crippen LogP contribution in [0.5, 0.6) is 5.75 Å². The number of sulfonamides is 1. The Balaban J connectivity index is 1.37. The summed E-state index contributed by atoms with van der Waals surface area (Å²) in [5.74, 6) is 0.182. The summed E-state index contributed by atoms with van der Waals surface area (Å²) in [6, 6.07) is 13.2. The maximum Gasteiger partial charge on any atom is 0.291 e. The standard InChI is InChI=1S/C21H22ClN5O4S2/c1-27-12-10-16(11-13-27)31-15-8-6-14(7-9-15)26-33(29,30)21-25-24-20(32-21)23-19(28)17-4-2-3-5-18(17)22/h2-9,16,26H,10-13H2,1H3,(H,23,24,28). The third kappa shape index (κ3) is 5.99. The third-order valence-electron chi connectivity index (χ3n) is 5.05. The number of rotatable bonds is 7. The number of piperidine rings is 1. The Bertz CT molecular complexity index is 1230. The van der Waals surface area contributed by atoms with E-state index in [1.54, 1.807) is 48.5 Å². The zero-order valence-electron chi connectivity index (χ0n) is 17.7. The minimum absolute atomic E-state index is 0.0437. The van der Waals surface area contributed by atoms with E-state index in [0.29, 0.717) is 11.4 Å². The van der Waals surface area contributed by atoms with Gasteiger partial charge in [-0.1, -0.05) is 35.1 Å². The van der Waals surface area contributed by atoms with Gasteiger partial charge in [0.15, 0.2) is 0 Å². The van der Waals surface area contributed by atoms with E-state index in [9.17, 15) is 13.2 Å². The molecular weight excluding hydrogens is 486 g/mol. The van der Waals surface area contributed by atoms with Crippen LogP contribution in [-0.4, -0.2) is 55.7 Å². The lowest BCUT2D eigenvalue weighted by molar-refractivity contribution is 0.102. The highest BCUT2D eigenvalue weighted by Gasteiger charge is 2.22. The van der Waals surface area contributed by atoms with Gasteiger partial charge in [-0.2, -0.15) is 8.42 Å². The monoisotopic (exact) mass is 507 g/mol. The molecule has 1 aliphatic heterocycles. The molecule has 4 rings (SSSR count). The average Bonchev–Trinajstić information content (AvgIpc) is 3.26.